The first-order chi connectivity index (χ1) is 25.8. The van der Waals surface area contributed by atoms with Crippen molar-refractivity contribution in [3.63, 3.8) is 0 Å². The molecule has 0 saturated heterocycles. The van der Waals surface area contributed by atoms with Gasteiger partial charge in [-0.15, -0.1) is 0 Å². The molecular weight excluding hydrogens is 633 g/mol. The molecule has 0 fully saturated rings. The Hall–Kier alpha value is -6.84. The first kappa shape index (κ1) is 27.9. The second-order valence-electron chi connectivity index (χ2n) is 14.0. The zero-order valence-corrected chi connectivity index (χ0v) is 28.1. The zero-order chi connectivity index (χ0) is 34.0. The first-order valence-electron chi connectivity index (χ1n) is 17.9. The fourth-order valence-corrected chi connectivity index (χ4v) is 9.57. The van der Waals surface area contributed by atoms with Crippen LogP contribution in [0.1, 0.15) is 22.3 Å². The molecule has 0 bridgehead atoms. The fraction of sp³-hybridized carbons (Fsp3) is 0.0204. The van der Waals surface area contributed by atoms with Crippen LogP contribution in [0, 0.1) is 0 Å². The van der Waals surface area contributed by atoms with Crippen molar-refractivity contribution in [2.75, 3.05) is 0 Å². The third kappa shape index (κ3) is 3.40. The summed E-state index contributed by atoms with van der Waals surface area (Å²) in [6.45, 7) is 0. The van der Waals surface area contributed by atoms with Gasteiger partial charge in [-0.25, -0.2) is 0 Å². The van der Waals surface area contributed by atoms with E-state index in [1.54, 1.807) is 0 Å². The van der Waals surface area contributed by atoms with Gasteiger partial charge in [-0.1, -0.05) is 140 Å². The molecule has 2 aliphatic heterocycles. The largest absolute Gasteiger partial charge is 0.456 e. The second-order valence-corrected chi connectivity index (χ2v) is 14.0. The molecule has 4 heterocycles. The first-order valence-corrected chi connectivity index (χ1v) is 17.9. The third-order valence-electron chi connectivity index (χ3n) is 11.6. The summed E-state index contributed by atoms with van der Waals surface area (Å²) in [5.41, 5.74) is 13.7. The van der Waals surface area contributed by atoms with Crippen molar-refractivity contribution in [1.82, 2.24) is 9.13 Å². The van der Waals surface area contributed by atoms with Gasteiger partial charge in [0.05, 0.1) is 38.6 Å². The van der Waals surface area contributed by atoms with Crippen molar-refractivity contribution in [3.05, 3.63) is 204 Å². The third-order valence-corrected chi connectivity index (χ3v) is 11.6. The summed E-state index contributed by atoms with van der Waals surface area (Å²) in [7, 11) is 0. The summed E-state index contributed by atoms with van der Waals surface area (Å²) < 4.78 is 12.1. The zero-order valence-electron chi connectivity index (χ0n) is 28.1. The lowest BCUT2D eigenvalue weighted by atomic mass is 9.61. The SMILES string of the molecule is c1ccc(-c2cccc(-n3c4ccccc4c4c5c(ccc43)C3(c4ccccc4O5)c4ccccc4-n4c5ccccc5c5cccc3c54)c2)cc1. The lowest BCUT2D eigenvalue weighted by Gasteiger charge is -2.45. The molecule has 242 valence electrons. The molecule has 0 radical (unpaired) electrons. The molecule has 0 amide bonds. The average molecular weight is 663 g/mol. The Morgan fingerprint density at radius 3 is 1.94 bits per heavy atom. The molecule has 8 aromatic carbocycles. The molecule has 52 heavy (non-hydrogen) atoms. The molecule has 2 aliphatic rings. The predicted octanol–water partition coefficient (Wildman–Crippen LogP) is 12.3. The van der Waals surface area contributed by atoms with E-state index in [0.717, 1.165) is 44.7 Å². The van der Waals surface area contributed by atoms with Crippen molar-refractivity contribution in [2.24, 2.45) is 0 Å². The van der Waals surface area contributed by atoms with Crippen LogP contribution in [0.4, 0.5) is 0 Å². The van der Waals surface area contributed by atoms with Crippen molar-refractivity contribution >= 4 is 43.6 Å². The van der Waals surface area contributed by atoms with Gasteiger partial charge in [0.15, 0.2) is 0 Å². The van der Waals surface area contributed by atoms with Gasteiger partial charge in [0.1, 0.15) is 11.5 Å². The van der Waals surface area contributed by atoms with Crippen molar-refractivity contribution in [1.29, 1.82) is 0 Å². The number of hydrogen-bond donors (Lipinski definition) is 0. The number of aromatic nitrogens is 2. The maximum absolute atomic E-state index is 7.21. The lowest BCUT2D eigenvalue weighted by molar-refractivity contribution is 0.439. The molecular formula is C49H30N2O. The summed E-state index contributed by atoms with van der Waals surface area (Å²) in [5.74, 6) is 1.81. The second kappa shape index (κ2) is 10.1. The van der Waals surface area contributed by atoms with Crippen LogP contribution in [0.2, 0.25) is 0 Å². The fourth-order valence-electron chi connectivity index (χ4n) is 9.57. The summed E-state index contributed by atoms with van der Waals surface area (Å²) in [6, 6.07) is 66.3. The van der Waals surface area contributed by atoms with Crippen LogP contribution in [-0.2, 0) is 5.41 Å². The molecule has 12 rings (SSSR count). The quantitative estimate of drug-likeness (QED) is 0.180. The standard InChI is InChI=1S/C49H30N2O/c1-2-14-31(15-3-1)32-16-12-17-33(30-32)50-42-25-9-5-19-36(42)46-44(50)29-28-40-48(46)52-45-27-11-7-22-38(45)49(40)37-21-6-10-26-43(37)51-41-24-8-4-18-34(41)35-20-13-23-39(49)47(35)51/h1-30H. The van der Waals surface area contributed by atoms with Gasteiger partial charge in [-0.2, -0.15) is 0 Å². The minimum Gasteiger partial charge on any atom is -0.456 e. The molecule has 0 N–H and O–H groups in total. The summed E-state index contributed by atoms with van der Waals surface area (Å²) in [5, 5.41) is 4.83. The van der Waals surface area contributed by atoms with Gasteiger partial charge in [0.2, 0.25) is 0 Å². The molecule has 3 nitrogen and oxygen atoms in total. The Labute approximate surface area is 300 Å². The van der Waals surface area contributed by atoms with Gasteiger partial charge in [-0.05, 0) is 64.7 Å². The van der Waals surface area contributed by atoms with Crippen molar-refractivity contribution < 1.29 is 4.74 Å². The highest BCUT2D eigenvalue weighted by Gasteiger charge is 2.50. The highest BCUT2D eigenvalue weighted by Crippen LogP contribution is 2.62. The Kier molecular flexibility index (Phi) is 5.43. The van der Waals surface area contributed by atoms with Crippen LogP contribution in [0.3, 0.4) is 0 Å². The van der Waals surface area contributed by atoms with Gasteiger partial charge in [0.25, 0.3) is 0 Å². The average Bonchev–Trinajstić information content (AvgIpc) is 3.74. The van der Waals surface area contributed by atoms with Crippen molar-refractivity contribution in [2.45, 2.75) is 5.41 Å². The van der Waals surface area contributed by atoms with E-state index in [1.165, 1.54) is 55.1 Å². The van der Waals surface area contributed by atoms with E-state index in [0.29, 0.717) is 0 Å². The minimum absolute atomic E-state index is 0.616. The highest BCUT2D eigenvalue weighted by molar-refractivity contribution is 6.15. The van der Waals surface area contributed by atoms with E-state index >= 15 is 0 Å². The molecule has 0 aliphatic carbocycles. The van der Waals surface area contributed by atoms with Crippen LogP contribution < -0.4 is 4.74 Å². The van der Waals surface area contributed by atoms with E-state index < -0.39 is 5.41 Å². The van der Waals surface area contributed by atoms with E-state index in [4.69, 9.17) is 4.74 Å². The molecule has 1 unspecified atom stereocenters. The lowest BCUT2D eigenvalue weighted by Crippen LogP contribution is -2.37. The van der Waals surface area contributed by atoms with Gasteiger partial charge in [-0.3, -0.25) is 0 Å². The number of hydrogen-bond acceptors (Lipinski definition) is 1. The molecule has 1 atom stereocenters. The maximum atomic E-state index is 7.21. The van der Waals surface area contributed by atoms with Crippen LogP contribution in [0.25, 0.3) is 66.1 Å². The van der Waals surface area contributed by atoms with E-state index in [2.05, 4.69) is 191 Å². The highest BCUT2D eigenvalue weighted by atomic mass is 16.5. The van der Waals surface area contributed by atoms with E-state index in [-0.39, 0.29) is 0 Å². The van der Waals surface area contributed by atoms with Gasteiger partial charge < -0.3 is 13.9 Å². The number of nitrogens with zero attached hydrogens (tertiary/aromatic N) is 2. The van der Waals surface area contributed by atoms with E-state index in [9.17, 15) is 0 Å². The van der Waals surface area contributed by atoms with Crippen molar-refractivity contribution in [3.8, 4) is 34.0 Å². The number of para-hydroxylation sites is 5. The smallest absolute Gasteiger partial charge is 0.142 e. The Morgan fingerprint density at radius 1 is 0.404 bits per heavy atom. The molecule has 1 spiro atoms. The number of benzene rings is 8. The summed E-state index contributed by atoms with van der Waals surface area (Å²) >= 11 is 0. The van der Waals surface area contributed by atoms with Gasteiger partial charge in [0, 0.05) is 33.0 Å². The van der Waals surface area contributed by atoms with Crippen LogP contribution in [-0.4, -0.2) is 9.13 Å². The number of fused-ring (bicyclic) bond motifs is 15. The van der Waals surface area contributed by atoms with E-state index in [1.807, 2.05) is 0 Å². The summed E-state index contributed by atoms with van der Waals surface area (Å²) in [6.07, 6.45) is 0. The topological polar surface area (TPSA) is 19.1 Å². The molecule has 2 aromatic heterocycles. The maximum Gasteiger partial charge on any atom is 0.142 e. The van der Waals surface area contributed by atoms with Crippen LogP contribution in [0.5, 0.6) is 11.5 Å². The van der Waals surface area contributed by atoms with Crippen LogP contribution >= 0.6 is 0 Å². The molecule has 3 heteroatoms. The summed E-state index contributed by atoms with van der Waals surface area (Å²) in [4.78, 5) is 0. The minimum atomic E-state index is -0.616. The molecule has 10 aromatic rings. The van der Waals surface area contributed by atoms with Crippen LogP contribution in [0.15, 0.2) is 182 Å². The predicted molar refractivity (Wildman–Crippen MR) is 212 cm³/mol. The number of ether oxygens (including phenoxy) is 1. The Balaban J connectivity index is 1.23. The monoisotopic (exact) mass is 662 g/mol. The molecule has 0 saturated carbocycles. The Morgan fingerprint density at radius 2 is 1.06 bits per heavy atom. The Bertz CT molecular complexity index is 3110. The number of rotatable bonds is 2. The normalized spacial score (nSPS) is 15.5. The van der Waals surface area contributed by atoms with Gasteiger partial charge >= 0.3 is 0 Å².